The number of aromatic nitrogens is 1. The Labute approximate surface area is 75.6 Å². The van der Waals surface area contributed by atoms with Gasteiger partial charge in [0.25, 0.3) is 0 Å². The van der Waals surface area contributed by atoms with Crippen LogP contribution in [0.15, 0.2) is 12.4 Å². The molecule has 0 spiro atoms. The van der Waals surface area contributed by atoms with Gasteiger partial charge in [-0.25, -0.2) is 0 Å². The van der Waals surface area contributed by atoms with Crippen molar-refractivity contribution in [3.8, 4) is 0 Å². The van der Waals surface area contributed by atoms with E-state index in [1.54, 1.807) is 12.4 Å². The lowest BCUT2D eigenvalue weighted by molar-refractivity contribution is -0.117. The Bertz CT molecular complexity index is 330. The van der Waals surface area contributed by atoms with Gasteiger partial charge in [0.05, 0.1) is 6.42 Å². The quantitative estimate of drug-likeness (QED) is 0.617. The van der Waals surface area contributed by atoms with Gasteiger partial charge in [-0.15, -0.1) is 12.4 Å². The molecule has 2 rings (SSSR count). The van der Waals surface area contributed by atoms with Gasteiger partial charge in [0.1, 0.15) is 5.78 Å². The fraction of sp³-hybridized carbons (Fsp3) is 0.250. The fourth-order valence-electron chi connectivity index (χ4n) is 1.35. The first-order chi connectivity index (χ1) is 5.27. The molecule has 4 heteroatoms. The molecule has 0 fully saturated rings. The van der Waals surface area contributed by atoms with Crippen LogP contribution in [0.25, 0.3) is 0 Å². The third-order valence-corrected chi connectivity index (χ3v) is 1.88. The predicted octanol–water partition coefficient (Wildman–Crippen LogP) is 1.13. The summed E-state index contributed by atoms with van der Waals surface area (Å²) >= 11 is 0. The van der Waals surface area contributed by atoms with Gasteiger partial charge in [-0.05, 0) is 5.56 Å². The van der Waals surface area contributed by atoms with Crippen molar-refractivity contribution < 1.29 is 9.59 Å². The Morgan fingerprint density at radius 1 is 1.17 bits per heavy atom. The highest BCUT2D eigenvalue weighted by Gasteiger charge is 2.22. The Morgan fingerprint density at radius 2 is 1.92 bits per heavy atom. The average molecular weight is 186 g/mol. The highest BCUT2D eigenvalue weighted by molar-refractivity contribution is 6.12. The lowest BCUT2D eigenvalue weighted by Gasteiger charge is -2.07. The van der Waals surface area contributed by atoms with Crippen molar-refractivity contribution in [1.82, 2.24) is 4.98 Å². The molecular weight excluding hydrogens is 178 g/mol. The Kier molecular flexibility index (Phi) is 2.33. The standard InChI is InChI=1S/C8H7NO2.ClH/c10-6-1-5-3-9-4-7(5)8(11)2-6;/h3-4,9H,1-2H2;1H. The summed E-state index contributed by atoms with van der Waals surface area (Å²) in [6.07, 6.45) is 3.85. The smallest absolute Gasteiger partial charge is 0.172 e. The number of hydrogen-bond acceptors (Lipinski definition) is 2. The average Bonchev–Trinajstić information content (AvgIpc) is 2.34. The third kappa shape index (κ3) is 1.28. The van der Waals surface area contributed by atoms with Crippen LogP contribution in [-0.4, -0.2) is 16.6 Å². The Balaban J connectivity index is 0.000000720. The summed E-state index contributed by atoms with van der Waals surface area (Å²) in [6.45, 7) is 0. The van der Waals surface area contributed by atoms with Gasteiger partial charge in [-0.3, -0.25) is 9.59 Å². The number of nitrogens with one attached hydrogen (secondary N) is 1. The van der Waals surface area contributed by atoms with E-state index in [1.165, 1.54) is 0 Å². The minimum absolute atomic E-state index is 0. The summed E-state index contributed by atoms with van der Waals surface area (Å²) in [7, 11) is 0. The number of fused-ring (bicyclic) bond motifs is 1. The summed E-state index contributed by atoms with van der Waals surface area (Å²) in [5.74, 6) is -0.0420. The number of carbonyl (C=O) groups is 2. The number of Topliss-reactive ketones (excluding diaryl/α,β-unsaturated/α-hetero) is 2. The molecule has 0 saturated carbocycles. The summed E-state index contributed by atoms with van der Waals surface area (Å²) in [6, 6.07) is 0. The van der Waals surface area contributed by atoms with E-state index in [-0.39, 0.29) is 30.4 Å². The van der Waals surface area contributed by atoms with Crippen LogP contribution in [0.1, 0.15) is 22.3 Å². The fourth-order valence-corrected chi connectivity index (χ4v) is 1.35. The highest BCUT2D eigenvalue weighted by atomic mass is 35.5. The molecule has 1 aliphatic carbocycles. The van der Waals surface area contributed by atoms with Crippen molar-refractivity contribution in [2.24, 2.45) is 0 Å². The van der Waals surface area contributed by atoms with Crippen LogP contribution in [0.4, 0.5) is 0 Å². The second kappa shape index (κ2) is 3.11. The third-order valence-electron chi connectivity index (χ3n) is 1.88. The molecule has 3 nitrogen and oxygen atoms in total. The van der Waals surface area contributed by atoms with Gasteiger partial charge in [-0.2, -0.15) is 0 Å². The van der Waals surface area contributed by atoms with Crippen molar-refractivity contribution in [2.45, 2.75) is 12.8 Å². The molecule has 1 heterocycles. The molecule has 1 N–H and O–H groups in total. The first kappa shape index (κ1) is 9.00. The van der Waals surface area contributed by atoms with E-state index in [1.807, 2.05) is 0 Å². The van der Waals surface area contributed by atoms with Gasteiger partial charge in [-0.1, -0.05) is 0 Å². The number of hydrogen-bond donors (Lipinski definition) is 1. The summed E-state index contributed by atoms with van der Waals surface area (Å²) in [5.41, 5.74) is 1.52. The zero-order valence-electron chi connectivity index (χ0n) is 6.29. The molecule has 64 valence electrons. The molecule has 0 bridgehead atoms. The minimum Gasteiger partial charge on any atom is -0.367 e. The zero-order chi connectivity index (χ0) is 7.84. The highest BCUT2D eigenvalue weighted by Crippen LogP contribution is 2.17. The van der Waals surface area contributed by atoms with Crippen molar-refractivity contribution in [3.63, 3.8) is 0 Å². The van der Waals surface area contributed by atoms with E-state index in [0.29, 0.717) is 12.0 Å². The lowest BCUT2D eigenvalue weighted by atomic mass is 9.94. The van der Waals surface area contributed by atoms with Gasteiger partial charge >= 0.3 is 0 Å². The number of halogens is 1. The van der Waals surface area contributed by atoms with Crippen LogP contribution in [-0.2, 0) is 11.2 Å². The first-order valence-corrected chi connectivity index (χ1v) is 3.48. The number of aromatic amines is 1. The first-order valence-electron chi connectivity index (χ1n) is 3.48. The van der Waals surface area contributed by atoms with Crippen molar-refractivity contribution in [1.29, 1.82) is 0 Å². The molecular formula is C8H8ClNO2. The minimum atomic E-state index is -0.0579. The van der Waals surface area contributed by atoms with Crippen molar-refractivity contribution >= 4 is 24.0 Å². The Hall–Kier alpha value is -1.09. The maximum absolute atomic E-state index is 11.1. The summed E-state index contributed by atoms with van der Waals surface area (Å²) in [4.78, 5) is 24.8. The molecule has 0 atom stereocenters. The second-order valence-corrected chi connectivity index (χ2v) is 2.71. The number of ketones is 2. The predicted molar refractivity (Wildman–Crippen MR) is 45.7 cm³/mol. The normalized spacial score (nSPS) is 15.3. The Morgan fingerprint density at radius 3 is 2.67 bits per heavy atom. The van der Waals surface area contributed by atoms with E-state index in [4.69, 9.17) is 0 Å². The van der Waals surface area contributed by atoms with E-state index < -0.39 is 0 Å². The van der Waals surface area contributed by atoms with Crippen LogP contribution >= 0.6 is 12.4 Å². The van der Waals surface area contributed by atoms with Crippen LogP contribution in [0.5, 0.6) is 0 Å². The molecule has 0 radical (unpaired) electrons. The van der Waals surface area contributed by atoms with E-state index in [0.717, 1.165) is 5.56 Å². The monoisotopic (exact) mass is 185 g/mol. The maximum atomic E-state index is 11.1. The van der Waals surface area contributed by atoms with E-state index >= 15 is 0 Å². The van der Waals surface area contributed by atoms with Gasteiger partial charge < -0.3 is 4.98 Å². The molecule has 0 aromatic carbocycles. The molecule has 0 unspecified atom stereocenters. The summed E-state index contributed by atoms with van der Waals surface area (Å²) in [5, 5.41) is 0. The van der Waals surface area contributed by atoms with Crippen molar-refractivity contribution in [3.05, 3.63) is 23.5 Å². The molecule has 1 aromatic heterocycles. The SMILES string of the molecule is Cl.O=C1CC(=O)c2c[nH]cc2C1. The second-order valence-electron chi connectivity index (χ2n) is 2.71. The van der Waals surface area contributed by atoms with Gasteiger partial charge in [0, 0.05) is 24.4 Å². The molecule has 1 aromatic rings. The van der Waals surface area contributed by atoms with E-state index in [2.05, 4.69) is 4.98 Å². The lowest BCUT2D eigenvalue weighted by Crippen LogP contribution is -2.17. The largest absolute Gasteiger partial charge is 0.367 e. The summed E-state index contributed by atoms with van der Waals surface area (Å²) < 4.78 is 0. The number of H-pyrrole nitrogens is 1. The van der Waals surface area contributed by atoms with Gasteiger partial charge in [0.2, 0.25) is 0 Å². The van der Waals surface area contributed by atoms with Crippen LogP contribution < -0.4 is 0 Å². The van der Waals surface area contributed by atoms with Crippen molar-refractivity contribution in [2.75, 3.05) is 0 Å². The number of rotatable bonds is 0. The maximum Gasteiger partial charge on any atom is 0.172 e. The molecule has 12 heavy (non-hydrogen) atoms. The van der Waals surface area contributed by atoms with Crippen LogP contribution in [0.2, 0.25) is 0 Å². The van der Waals surface area contributed by atoms with Gasteiger partial charge in [0.15, 0.2) is 5.78 Å². The molecule has 0 amide bonds. The van der Waals surface area contributed by atoms with Crippen LogP contribution in [0, 0.1) is 0 Å². The topological polar surface area (TPSA) is 49.9 Å². The number of carbonyl (C=O) groups excluding carboxylic acids is 2. The molecule has 0 aliphatic heterocycles. The van der Waals surface area contributed by atoms with Crippen LogP contribution in [0.3, 0.4) is 0 Å². The molecule has 1 aliphatic rings. The van der Waals surface area contributed by atoms with E-state index in [9.17, 15) is 9.59 Å². The molecule has 0 saturated heterocycles. The zero-order valence-corrected chi connectivity index (χ0v) is 7.11.